The second kappa shape index (κ2) is 8.97. The second-order valence-electron chi connectivity index (χ2n) is 6.66. The number of hydrogen-bond donors (Lipinski definition) is 3. The molecule has 4 N–H and O–H groups in total. The van der Waals surface area contributed by atoms with E-state index in [1.165, 1.54) is 0 Å². The van der Waals surface area contributed by atoms with Crippen molar-refractivity contribution in [3.8, 4) is 11.1 Å². The standard InChI is InChI=1S/C22H19N7O2/c23-19-11-17(7-8-25-19)18-5-6-20(27-12-18)29(21-13-24-9-10-26-21)14-15-1-3-16(4-2-15)22(30)28-31/h1-13,31H,14H2,(H2,23,25)(H,28,30). The van der Waals surface area contributed by atoms with Gasteiger partial charge in [0.25, 0.3) is 5.91 Å². The van der Waals surface area contributed by atoms with Crippen LogP contribution in [0.25, 0.3) is 11.1 Å². The Labute approximate surface area is 178 Å². The number of carbonyl (C=O) groups excluding carboxylic acids is 1. The summed E-state index contributed by atoms with van der Waals surface area (Å²) in [5.41, 5.74) is 10.5. The number of nitrogens with one attached hydrogen (secondary N) is 1. The Morgan fingerprint density at radius 2 is 1.74 bits per heavy atom. The van der Waals surface area contributed by atoms with E-state index in [0.29, 0.717) is 29.6 Å². The van der Waals surface area contributed by atoms with Crippen molar-refractivity contribution in [3.63, 3.8) is 0 Å². The van der Waals surface area contributed by atoms with Crippen molar-refractivity contribution in [2.24, 2.45) is 0 Å². The van der Waals surface area contributed by atoms with E-state index in [1.807, 2.05) is 35.2 Å². The van der Waals surface area contributed by atoms with E-state index in [4.69, 9.17) is 10.9 Å². The quantitative estimate of drug-likeness (QED) is 0.325. The average Bonchev–Trinajstić information content (AvgIpc) is 2.83. The molecule has 1 amide bonds. The molecule has 0 aliphatic heterocycles. The van der Waals surface area contributed by atoms with Crippen LogP contribution < -0.4 is 16.1 Å². The molecule has 0 bridgehead atoms. The van der Waals surface area contributed by atoms with Crippen molar-refractivity contribution in [3.05, 3.63) is 90.6 Å². The summed E-state index contributed by atoms with van der Waals surface area (Å²) >= 11 is 0. The molecule has 0 saturated heterocycles. The highest BCUT2D eigenvalue weighted by Crippen LogP contribution is 2.26. The average molecular weight is 413 g/mol. The Morgan fingerprint density at radius 3 is 2.39 bits per heavy atom. The minimum atomic E-state index is -0.564. The minimum absolute atomic E-state index is 0.358. The summed E-state index contributed by atoms with van der Waals surface area (Å²) in [6.45, 7) is 0.453. The third-order valence-corrected chi connectivity index (χ3v) is 4.62. The Hall–Kier alpha value is -4.37. The second-order valence-corrected chi connectivity index (χ2v) is 6.66. The minimum Gasteiger partial charge on any atom is -0.384 e. The van der Waals surface area contributed by atoms with Crippen molar-refractivity contribution in [2.75, 3.05) is 10.6 Å². The Morgan fingerprint density at radius 1 is 0.903 bits per heavy atom. The molecule has 154 valence electrons. The molecule has 0 atom stereocenters. The monoisotopic (exact) mass is 413 g/mol. The highest BCUT2D eigenvalue weighted by atomic mass is 16.5. The first-order chi connectivity index (χ1) is 15.1. The van der Waals surface area contributed by atoms with Crippen LogP contribution in [0, 0.1) is 0 Å². The van der Waals surface area contributed by atoms with Gasteiger partial charge in [-0.25, -0.2) is 20.4 Å². The molecule has 4 rings (SSSR count). The van der Waals surface area contributed by atoms with Gasteiger partial charge >= 0.3 is 0 Å². The molecule has 4 aromatic rings. The summed E-state index contributed by atoms with van der Waals surface area (Å²) in [7, 11) is 0. The topological polar surface area (TPSA) is 130 Å². The normalized spacial score (nSPS) is 10.5. The van der Waals surface area contributed by atoms with E-state index in [9.17, 15) is 4.79 Å². The number of nitrogens with two attached hydrogens (primary N) is 1. The number of anilines is 3. The lowest BCUT2D eigenvalue weighted by Crippen LogP contribution is -2.20. The van der Waals surface area contributed by atoms with Gasteiger partial charge in [-0.1, -0.05) is 12.1 Å². The summed E-state index contributed by atoms with van der Waals surface area (Å²) < 4.78 is 0. The summed E-state index contributed by atoms with van der Waals surface area (Å²) in [4.78, 5) is 30.7. The lowest BCUT2D eigenvalue weighted by molar-refractivity contribution is 0.0706. The summed E-state index contributed by atoms with van der Waals surface area (Å²) in [5, 5.41) is 8.78. The first kappa shape index (κ1) is 19.9. The number of rotatable bonds is 6. The van der Waals surface area contributed by atoms with Crippen molar-refractivity contribution in [2.45, 2.75) is 6.54 Å². The third-order valence-electron chi connectivity index (χ3n) is 4.62. The first-order valence-corrected chi connectivity index (χ1v) is 9.39. The number of aromatic nitrogens is 4. The highest BCUT2D eigenvalue weighted by molar-refractivity contribution is 5.93. The van der Waals surface area contributed by atoms with Crippen LogP contribution >= 0.6 is 0 Å². The van der Waals surface area contributed by atoms with Crippen LogP contribution in [0.2, 0.25) is 0 Å². The summed E-state index contributed by atoms with van der Waals surface area (Å²) in [6.07, 6.45) is 8.31. The van der Waals surface area contributed by atoms with Gasteiger partial charge in [-0.2, -0.15) is 0 Å². The number of nitrogen functional groups attached to an aromatic ring is 1. The van der Waals surface area contributed by atoms with E-state index in [0.717, 1.165) is 16.7 Å². The van der Waals surface area contributed by atoms with Gasteiger partial charge < -0.3 is 10.6 Å². The van der Waals surface area contributed by atoms with Gasteiger partial charge in [0, 0.05) is 35.9 Å². The van der Waals surface area contributed by atoms with Gasteiger partial charge in [0.05, 0.1) is 12.7 Å². The van der Waals surface area contributed by atoms with Crippen LogP contribution in [0.3, 0.4) is 0 Å². The molecule has 3 aromatic heterocycles. The number of benzene rings is 1. The maximum atomic E-state index is 11.5. The number of hydroxylamine groups is 1. The lowest BCUT2D eigenvalue weighted by atomic mass is 10.1. The molecule has 0 unspecified atom stereocenters. The number of amides is 1. The van der Waals surface area contributed by atoms with E-state index in [2.05, 4.69) is 19.9 Å². The largest absolute Gasteiger partial charge is 0.384 e. The molecule has 3 heterocycles. The summed E-state index contributed by atoms with van der Waals surface area (Å²) in [5.74, 6) is 1.20. The van der Waals surface area contributed by atoms with Crippen LogP contribution in [0.5, 0.6) is 0 Å². The zero-order valence-electron chi connectivity index (χ0n) is 16.4. The number of pyridine rings is 2. The number of nitrogens with zero attached hydrogens (tertiary/aromatic N) is 5. The van der Waals surface area contributed by atoms with Crippen molar-refractivity contribution in [1.82, 2.24) is 25.4 Å². The van der Waals surface area contributed by atoms with Gasteiger partial charge in [0.15, 0.2) is 5.82 Å². The SMILES string of the molecule is Nc1cc(-c2ccc(N(Cc3ccc(C(=O)NO)cc3)c3cnccn3)nc2)ccn1. The van der Waals surface area contributed by atoms with Crippen LogP contribution in [-0.4, -0.2) is 31.1 Å². The van der Waals surface area contributed by atoms with E-state index in [-0.39, 0.29) is 0 Å². The van der Waals surface area contributed by atoms with E-state index in [1.54, 1.807) is 54.7 Å². The molecule has 31 heavy (non-hydrogen) atoms. The van der Waals surface area contributed by atoms with Crippen molar-refractivity contribution in [1.29, 1.82) is 0 Å². The molecule has 0 spiro atoms. The van der Waals surface area contributed by atoms with Gasteiger partial charge in [-0.15, -0.1) is 0 Å². The highest BCUT2D eigenvalue weighted by Gasteiger charge is 2.14. The van der Waals surface area contributed by atoms with Gasteiger partial charge in [-0.05, 0) is 47.5 Å². The number of carbonyl (C=O) groups is 1. The van der Waals surface area contributed by atoms with Crippen LogP contribution in [0.4, 0.5) is 17.5 Å². The van der Waals surface area contributed by atoms with E-state index < -0.39 is 5.91 Å². The molecule has 0 radical (unpaired) electrons. The number of hydrogen-bond acceptors (Lipinski definition) is 8. The Bertz CT molecular complexity index is 1170. The Kier molecular flexibility index (Phi) is 5.77. The fourth-order valence-electron chi connectivity index (χ4n) is 3.06. The van der Waals surface area contributed by atoms with Crippen molar-refractivity contribution >= 4 is 23.4 Å². The van der Waals surface area contributed by atoms with Gasteiger partial charge in [0.1, 0.15) is 11.6 Å². The molecule has 0 aliphatic rings. The van der Waals surface area contributed by atoms with Gasteiger partial charge in [0.2, 0.25) is 0 Å². The zero-order chi connectivity index (χ0) is 21.6. The lowest BCUT2D eigenvalue weighted by Gasteiger charge is -2.23. The molecule has 0 aliphatic carbocycles. The van der Waals surface area contributed by atoms with Crippen LogP contribution in [0.1, 0.15) is 15.9 Å². The van der Waals surface area contributed by atoms with Crippen molar-refractivity contribution < 1.29 is 10.0 Å². The molecule has 0 fully saturated rings. The molecular weight excluding hydrogens is 394 g/mol. The van der Waals surface area contributed by atoms with Gasteiger partial charge in [-0.3, -0.25) is 15.0 Å². The fourth-order valence-corrected chi connectivity index (χ4v) is 3.06. The van der Waals surface area contributed by atoms with E-state index >= 15 is 0 Å². The first-order valence-electron chi connectivity index (χ1n) is 9.39. The maximum absolute atomic E-state index is 11.5. The molecular formula is C22H19N7O2. The predicted octanol–water partition coefficient (Wildman–Crippen LogP) is 2.97. The molecule has 1 aromatic carbocycles. The molecule has 0 saturated carbocycles. The smallest absolute Gasteiger partial charge is 0.274 e. The molecule has 9 heteroatoms. The van der Waals surface area contributed by atoms with Crippen LogP contribution in [-0.2, 0) is 6.54 Å². The molecule has 9 nitrogen and oxygen atoms in total. The van der Waals surface area contributed by atoms with Crippen LogP contribution in [0.15, 0.2) is 79.5 Å². The Balaban J connectivity index is 1.63. The summed E-state index contributed by atoms with van der Waals surface area (Å²) in [6, 6.07) is 14.4. The predicted molar refractivity (Wildman–Crippen MR) is 115 cm³/mol. The fraction of sp³-hybridized carbons (Fsp3) is 0.0455. The third kappa shape index (κ3) is 4.62. The zero-order valence-corrected chi connectivity index (χ0v) is 16.4. The maximum Gasteiger partial charge on any atom is 0.274 e.